The van der Waals surface area contributed by atoms with E-state index in [0.29, 0.717) is 0 Å². The van der Waals surface area contributed by atoms with Gasteiger partial charge in [0.2, 0.25) is 0 Å². The number of hydrogen-bond donors (Lipinski definition) is 0. The molecule has 1 aromatic carbocycles. The van der Waals surface area contributed by atoms with Gasteiger partial charge in [-0.1, -0.05) is 13.8 Å². The summed E-state index contributed by atoms with van der Waals surface area (Å²) in [5.74, 6) is 0.847. The molecule has 5 nitrogen and oxygen atoms in total. The summed E-state index contributed by atoms with van der Waals surface area (Å²) in [7, 11) is 1.68. The van der Waals surface area contributed by atoms with Crippen LogP contribution in [0.3, 0.4) is 0 Å². The van der Waals surface area contributed by atoms with Gasteiger partial charge in [-0.2, -0.15) is 0 Å². The first-order valence-electron chi connectivity index (χ1n) is 10.2. The fourth-order valence-electron chi connectivity index (χ4n) is 3.87. The van der Waals surface area contributed by atoms with Gasteiger partial charge in [-0.05, 0) is 75.0 Å². The van der Waals surface area contributed by atoms with Gasteiger partial charge in [-0.15, -0.1) is 0 Å². The van der Waals surface area contributed by atoms with Crippen molar-refractivity contribution in [2.75, 3.05) is 20.2 Å². The maximum atomic E-state index is 5.29. The highest BCUT2D eigenvalue weighted by atomic mass is 16.5. The number of hydrogen-bond acceptors (Lipinski definition) is 4. The van der Waals surface area contributed by atoms with Crippen LogP contribution in [0.5, 0.6) is 5.75 Å². The highest BCUT2D eigenvalue weighted by molar-refractivity contribution is 5.83. The largest absolute Gasteiger partial charge is 0.497 e. The van der Waals surface area contributed by atoms with Gasteiger partial charge in [-0.25, -0.2) is 9.97 Å². The average molecular weight is 389 g/mol. The summed E-state index contributed by atoms with van der Waals surface area (Å²) in [5.41, 5.74) is 7.44. The van der Waals surface area contributed by atoms with Gasteiger partial charge in [0.15, 0.2) is 0 Å². The van der Waals surface area contributed by atoms with Gasteiger partial charge in [0.1, 0.15) is 17.0 Å². The summed E-state index contributed by atoms with van der Waals surface area (Å²) in [6.07, 6.45) is 0. The predicted molar refractivity (Wildman–Crippen MR) is 119 cm³/mol. The lowest BCUT2D eigenvalue weighted by molar-refractivity contribution is 0.291. The second-order valence-electron chi connectivity index (χ2n) is 7.43. The molecule has 0 unspecified atom stereocenters. The number of methoxy groups -OCH3 is 1. The molecule has 0 aliphatic heterocycles. The van der Waals surface area contributed by atoms with Gasteiger partial charge in [0, 0.05) is 17.5 Å². The number of nitrogens with zero attached hydrogens (tertiary/aromatic N) is 4. The van der Waals surface area contributed by atoms with E-state index >= 15 is 0 Å². The Kier molecular flexibility index (Phi) is 5.24. The Balaban J connectivity index is 1.93. The van der Waals surface area contributed by atoms with Crippen LogP contribution in [0.2, 0.25) is 0 Å². The monoisotopic (exact) mass is 388 g/mol. The van der Waals surface area contributed by atoms with Crippen molar-refractivity contribution in [3.8, 4) is 17.0 Å². The highest BCUT2D eigenvalue weighted by Crippen LogP contribution is 2.27. The van der Waals surface area contributed by atoms with E-state index in [2.05, 4.69) is 55.2 Å². The first-order chi connectivity index (χ1) is 14.0. The zero-order chi connectivity index (χ0) is 20.5. The summed E-state index contributed by atoms with van der Waals surface area (Å²) in [6, 6.07) is 14.5. The van der Waals surface area contributed by atoms with Crippen LogP contribution in [0.25, 0.3) is 27.9 Å². The number of aryl methyl sites for hydroxylation is 2. The van der Waals surface area contributed by atoms with Crippen LogP contribution in [0, 0.1) is 13.8 Å². The Hall–Kier alpha value is -2.92. The van der Waals surface area contributed by atoms with Crippen LogP contribution >= 0.6 is 0 Å². The van der Waals surface area contributed by atoms with Crippen molar-refractivity contribution in [3.63, 3.8) is 0 Å². The Morgan fingerprint density at radius 1 is 0.931 bits per heavy atom. The molecule has 3 heterocycles. The first kappa shape index (κ1) is 19.4. The quantitative estimate of drug-likeness (QED) is 0.465. The third-order valence-electron chi connectivity index (χ3n) is 5.67. The molecular formula is C24H28N4O. The fraction of sp³-hybridized carbons (Fsp3) is 0.333. The van der Waals surface area contributed by atoms with E-state index in [-0.39, 0.29) is 0 Å². The molecule has 0 atom stereocenters. The topological polar surface area (TPSA) is 42.7 Å². The minimum absolute atomic E-state index is 0.847. The number of benzene rings is 1. The van der Waals surface area contributed by atoms with Gasteiger partial charge in [0.05, 0.1) is 24.2 Å². The number of imidazole rings is 1. The lowest BCUT2D eigenvalue weighted by atomic mass is 10.1. The van der Waals surface area contributed by atoms with Crippen molar-refractivity contribution in [1.82, 2.24) is 19.3 Å². The van der Waals surface area contributed by atoms with E-state index in [1.165, 1.54) is 11.3 Å². The normalized spacial score (nSPS) is 11.7. The molecule has 0 saturated carbocycles. The summed E-state index contributed by atoms with van der Waals surface area (Å²) in [4.78, 5) is 12.4. The maximum absolute atomic E-state index is 5.29. The lowest BCUT2D eigenvalue weighted by Crippen LogP contribution is -2.23. The molecule has 0 N–H and O–H groups in total. The molecule has 0 amide bonds. The van der Waals surface area contributed by atoms with Crippen LogP contribution in [0.15, 0.2) is 42.5 Å². The Bertz CT molecular complexity index is 1160. The lowest BCUT2D eigenvalue weighted by Gasteiger charge is -2.19. The molecule has 0 saturated heterocycles. The molecule has 150 valence electrons. The zero-order valence-electron chi connectivity index (χ0n) is 17.9. The second kappa shape index (κ2) is 7.84. The minimum atomic E-state index is 0.847. The van der Waals surface area contributed by atoms with Crippen molar-refractivity contribution in [1.29, 1.82) is 0 Å². The smallest absolute Gasteiger partial charge is 0.146 e. The Labute approximate surface area is 172 Å². The van der Waals surface area contributed by atoms with Gasteiger partial charge < -0.3 is 4.74 Å². The Morgan fingerprint density at radius 3 is 2.31 bits per heavy atom. The summed E-state index contributed by atoms with van der Waals surface area (Å²) in [5, 5.41) is 1.13. The zero-order valence-corrected chi connectivity index (χ0v) is 17.9. The van der Waals surface area contributed by atoms with Gasteiger partial charge >= 0.3 is 0 Å². The number of ether oxygens (including phenoxy) is 1. The third kappa shape index (κ3) is 3.47. The van der Waals surface area contributed by atoms with Crippen LogP contribution in [0.4, 0.5) is 0 Å². The van der Waals surface area contributed by atoms with Crippen LogP contribution < -0.4 is 4.74 Å². The van der Waals surface area contributed by atoms with Crippen molar-refractivity contribution in [3.05, 3.63) is 59.4 Å². The summed E-state index contributed by atoms with van der Waals surface area (Å²) >= 11 is 0. The molecule has 3 aromatic heterocycles. The molecule has 0 aliphatic carbocycles. The van der Waals surface area contributed by atoms with Gasteiger partial charge in [-0.3, -0.25) is 9.30 Å². The maximum Gasteiger partial charge on any atom is 0.146 e. The molecular weight excluding hydrogens is 360 g/mol. The molecule has 29 heavy (non-hydrogen) atoms. The summed E-state index contributed by atoms with van der Waals surface area (Å²) in [6.45, 7) is 11.5. The molecule has 5 heteroatoms. The molecule has 0 aliphatic rings. The standard InChI is InChI=1S/C24H28N4O/c1-6-27(7-2)15-22-17(4)25-23-16(3)14-19-10-13-21(26-24(19)28(22)23)18-8-11-20(29-5)12-9-18/h8-14H,6-7,15H2,1-5H3. The van der Waals surface area contributed by atoms with Crippen LogP contribution in [0.1, 0.15) is 30.8 Å². The molecule has 4 aromatic rings. The molecule has 4 rings (SSSR count). The van der Waals surface area contributed by atoms with E-state index in [1.807, 2.05) is 24.3 Å². The number of fused-ring (bicyclic) bond motifs is 3. The number of aromatic nitrogens is 3. The van der Waals surface area contributed by atoms with E-state index in [4.69, 9.17) is 14.7 Å². The Morgan fingerprint density at radius 2 is 1.66 bits per heavy atom. The van der Waals surface area contributed by atoms with Crippen LogP contribution in [-0.2, 0) is 6.54 Å². The van der Waals surface area contributed by atoms with Crippen LogP contribution in [-0.4, -0.2) is 39.5 Å². The average Bonchev–Trinajstić information content (AvgIpc) is 3.08. The van der Waals surface area contributed by atoms with Crippen molar-refractivity contribution >= 4 is 16.7 Å². The first-order valence-corrected chi connectivity index (χ1v) is 10.2. The number of rotatable bonds is 6. The highest BCUT2D eigenvalue weighted by Gasteiger charge is 2.17. The second-order valence-corrected chi connectivity index (χ2v) is 7.43. The van der Waals surface area contributed by atoms with E-state index < -0.39 is 0 Å². The predicted octanol–water partition coefficient (Wildman–Crippen LogP) is 5.02. The molecule has 0 bridgehead atoms. The molecule has 0 fully saturated rings. The van der Waals surface area contributed by atoms with E-state index in [0.717, 1.165) is 59.0 Å². The van der Waals surface area contributed by atoms with Gasteiger partial charge in [0.25, 0.3) is 0 Å². The molecule has 0 spiro atoms. The third-order valence-corrected chi connectivity index (χ3v) is 5.67. The van der Waals surface area contributed by atoms with Crippen molar-refractivity contribution < 1.29 is 4.74 Å². The SMILES string of the molecule is CCN(CC)Cc1c(C)nc2c(C)cc3ccc(-c4ccc(OC)cc4)nc3n12. The number of pyridine rings is 2. The fourth-order valence-corrected chi connectivity index (χ4v) is 3.87. The minimum Gasteiger partial charge on any atom is -0.497 e. The van der Waals surface area contributed by atoms with E-state index in [9.17, 15) is 0 Å². The molecule has 0 radical (unpaired) electrons. The van der Waals surface area contributed by atoms with Crippen molar-refractivity contribution in [2.24, 2.45) is 0 Å². The summed E-state index contributed by atoms with van der Waals surface area (Å²) < 4.78 is 7.54. The van der Waals surface area contributed by atoms with Crippen molar-refractivity contribution in [2.45, 2.75) is 34.2 Å². The van der Waals surface area contributed by atoms with E-state index in [1.54, 1.807) is 7.11 Å².